The lowest BCUT2D eigenvalue weighted by Crippen LogP contribution is -2.30. The van der Waals surface area contributed by atoms with Crippen molar-refractivity contribution in [3.8, 4) is 0 Å². The molecular formula is C11H15NS. The Balaban J connectivity index is 2.04. The molecule has 2 heterocycles. The Morgan fingerprint density at radius 1 is 1.69 bits per heavy atom. The summed E-state index contributed by atoms with van der Waals surface area (Å²) >= 11 is 1.88. The molecule has 1 aliphatic rings. The molecule has 2 heteroatoms. The molecule has 13 heavy (non-hydrogen) atoms. The van der Waals surface area contributed by atoms with Crippen LogP contribution in [0.4, 0.5) is 0 Å². The van der Waals surface area contributed by atoms with E-state index in [9.17, 15) is 0 Å². The monoisotopic (exact) mass is 193 g/mol. The molecule has 0 N–H and O–H groups in total. The third-order valence-electron chi connectivity index (χ3n) is 2.40. The van der Waals surface area contributed by atoms with Crippen molar-refractivity contribution in [1.82, 2.24) is 4.90 Å². The summed E-state index contributed by atoms with van der Waals surface area (Å²) in [5.74, 6) is 0. The van der Waals surface area contributed by atoms with Gasteiger partial charge in [0.25, 0.3) is 0 Å². The van der Waals surface area contributed by atoms with E-state index < -0.39 is 0 Å². The Kier molecular flexibility index (Phi) is 2.51. The van der Waals surface area contributed by atoms with E-state index in [1.165, 1.54) is 18.5 Å². The molecule has 0 bridgehead atoms. The Morgan fingerprint density at radius 3 is 3.31 bits per heavy atom. The maximum absolute atomic E-state index is 3.95. The van der Waals surface area contributed by atoms with Crippen molar-refractivity contribution in [1.29, 1.82) is 0 Å². The maximum Gasteiger partial charge on any atom is 0.0334 e. The zero-order valence-electron chi connectivity index (χ0n) is 8.05. The van der Waals surface area contributed by atoms with Gasteiger partial charge in [-0.2, -0.15) is 0 Å². The highest BCUT2D eigenvalue weighted by Crippen LogP contribution is 2.24. The fourth-order valence-corrected chi connectivity index (χ4v) is 2.78. The van der Waals surface area contributed by atoms with Gasteiger partial charge >= 0.3 is 0 Å². The molecule has 0 radical (unpaired) electrons. The third-order valence-corrected chi connectivity index (χ3v) is 3.34. The van der Waals surface area contributed by atoms with Crippen LogP contribution >= 0.6 is 11.3 Å². The minimum Gasteiger partial charge on any atom is -0.294 e. The van der Waals surface area contributed by atoms with Crippen LogP contribution in [0.15, 0.2) is 23.6 Å². The van der Waals surface area contributed by atoms with Gasteiger partial charge in [-0.25, -0.2) is 0 Å². The van der Waals surface area contributed by atoms with Crippen LogP contribution in [0.3, 0.4) is 0 Å². The van der Waals surface area contributed by atoms with Crippen LogP contribution in [0.25, 0.3) is 0 Å². The molecule has 0 saturated heterocycles. The SMILES string of the molecule is C=C(C)CN1CCc2ccsc2C1. The molecule has 2 rings (SSSR count). The van der Waals surface area contributed by atoms with Gasteiger partial charge in [-0.15, -0.1) is 11.3 Å². The van der Waals surface area contributed by atoms with Crippen LogP contribution in [-0.2, 0) is 13.0 Å². The van der Waals surface area contributed by atoms with E-state index in [0.717, 1.165) is 13.1 Å². The number of nitrogens with zero attached hydrogens (tertiary/aromatic N) is 1. The molecule has 0 aromatic carbocycles. The van der Waals surface area contributed by atoms with Crippen LogP contribution in [-0.4, -0.2) is 18.0 Å². The molecule has 0 saturated carbocycles. The predicted octanol–water partition coefficient (Wildman–Crippen LogP) is 2.68. The summed E-state index contributed by atoms with van der Waals surface area (Å²) in [5, 5.41) is 2.20. The standard InChI is InChI=1S/C11H15NS/c1-9(2)7-12-5-3-10-4-6-13-11(10)8-12/h4,6H,1,3,5,7-8H2,2H3. The van der Waals surface area contributed by atoms with Gasteiger partial charge in [-0.1, -0.05) is 12.2 Å². The lowest BCUT2D eigenvalue weighted by Gasteiger charge is -2.26. The molecule has 1 aromatic rings. The van der Waals surface area contributed by atoms with Crippen molar-refractivity contribution in [2.75, 3.05) is 13.1 Å². The molecule has 1 nitrogen and oxygen atoms in total. The van der Waals surface area contributed by atoms with E-state index in [4.69, 9.17) is 0 Å². The summed E-state index contributed by atoms with van der Waals surface area (Å²) in [5.41, 5.74) is 2.82. The summed E-state index contributed by atoms with van der Waals surface area (Å²) in [6.07, 6.45) is 1.21. The van der Waals surface area contributed by atoms with Crippen molar-refractivity contribution in [2.45, 2.75) is 19.9 Å². The number of hydrogen-bond acceptors (Lipinski definition) is 2. The molecule has 0 unspecified atom stereocenters. The molecule has 0 fully saturated rings. The van der Waals surface area contributed by atoms with Gasteiger partial charge < -0.3 is 0 Å². The first kappa shape index (κ1) is 8.97. The molecule has 0 aliphatic carbocycles. The van der Waals surface area contributed by atoms with E-state index in [2.05, 4.69) is 29.8 Å². The van der Waals surface area contributed by atoms with Crippen molar-refractivity contribution in [3.05, 3.63) is 34.0 Å². The second-order valence-corrected chi connectivity index (χ2v) is 4.79. The summed E-state index contributed by atoms with van der Waals surface area (Å²) < 4.78 is 0. The van der Waals surface area contributed by atoms with Gasteiger partial charge in [0.2, 0.25) is 0 Å². The first-order chi connectivity index (χ1) is 6.25. The molecule has 0 spiro atoms. The van der Waals surface area contributed by atoms with Gasteiger partial charge in [0.05, 0.1) is 0 Å². The van der Waals surface area contributed by atoms with Gasteiger partial charge in [-0.3, -0.25) is 4.90 Å². The Morgan fingerprint density at radius 2 is 2.54 bits per heavy atom. The number of rotatable bonds is 2. The first-order valence-corrected chi connectivity index (χ1v) is 5.55. The van der Waals surface area contributed by atoms with Crippen molar-refractivity contribution in [3.63, 3.8) is 0 Å². The van der Waals surface area contributed by atoms with Crippen LogP contribution in [0.1, 0.15) is 17.4 Å². The average molecular weight is 193 g/mol. The summed E-state index contributed by atoms with van der Waals surface area (Å²) in [6.45, 7) is 9.42. The lowest BCUT2D eigenvalue weighted by atomic mass is 10.1. The fraction of sp³-hybridized carbons (Fsp3) is 0.455. The van der Waals surface area contributed by atoms with E-state index in [1.807, 2.05) is 11.3 Å². The van der Waals surface area contributed by atoms with Gasteiger partial charge in [0, 0.05) is 24.5 Å². The molecule has 1 aromatic heterocycles. The number of fused-ring (bicyclic) bond motifs is 1. The first-order valence-electron chi connectivity index (χ1n) is 4.67. The largest absolute Gasteiger partial charge is 0.294 e. The predicted molar refractivity (Wildman–Crippen MR) is 58.1 cm³/mol. The van der Waals surface area contributed by atoms with E-state index in [1.54, 1.807) is 10.4 Å². The number of thiophene rings is 1. The Bertz CT molecular complexity index is 314. The lowest BCUT2D eigenvalue weighted by molar-refractivity contribution is 0.279. The zero-order chi connectivity index (χ0) is 9.26. The second kappa shape index (κ2) is 3.64. The quantitative estimate of drug-likeness (QED) is 0.653. The summed E-state index contributed by atoms with van der Waals surface area (Å²) in [7, 11) is 0. The molecular weight excluding hydrogens is 178 g/mol. The topological polar surface area (TPSA) is 3.24 Å². The fourth-order valence-electron chi connectivity index (χ4n) is 1.81. The van der Waals surface area contributed by atoms with E-state index >= 15 is 0 Å². The molecule has 70 valence electrons. The normalized spacial score (nSPS) is 17.0. The minimum atomic E-state index is 1.05. The molecule has 1 aliphatic heterocycles. The van der Waals surface area contributed by atoms with E-state index in [-0.39, 0.29) is 0 Å². The maximum atomic E-state index is 3.95. The number of hydrogen-bond donors (Lipinski definition) is 0. The van der Waals surface area contributed by atoms with Crippen LogP contribution in [0.5, 0.6) is 0 Å². The average Bonchev–Trinajstić information content (AvgIpc) is 2.49. The van der Waals surface area contributed by atoms with Gasteiger partial charge in [0.15, 0.2) is 0 Å². The van der Waals surface area contributed by atoms with E-state index in [0.29, 0.717) is 0 Å². The minimum absolute atomic E-state index is 1.05. The van der Waals surface area contributed by atoms with Crippen LogP contribution in [0.2, 0.25) is 0 Å². The summed E-state index contributed by atoms with van der Waals surface area (Å²) in [4.78, 5) is 4.02. The highest BCUT2D eigenvalue weighted by atomic mass is 32.1. The molecule has 0 atom stereocenters. The van der Waals surface area contributed by atoms with Crippen LogP contribution < -0.4 is 0 Å². The second-order valence-electron chi connectivity index (χ2n) is 3.79. The third kappa shape index (κ3) is 2.01. The van der Waals surface area contributed by atoms with Gasteiger partial charge in [0.1, 0.15) is 0 Å². The summed E-state index contributed by atoms with van der Waals surface area (Å²) in [6, 6.07) is 2.26. The van der Waals surface area contributed by atoms with Crippen molar-refractivity contribution in [2.24, 2.45) is 0 Å². The van der Waals surface area contributed by atoms with Crippen LogP contribution in [0, 0.1) is 0 Å². The Hall–Kier alpha value is -0.600. The highest BCUT2D eigenvalue weighted by Gasteiger charge is 2.16. The zero-order valence-corrected chi connectivity index (χ0v) is 8.86. The molecule has 0 amide bonds. The smallest absolute Gasteiger partial charge is 0.0334 e. The van der Waals surface area contributed by atoms with Gasteiger partial charge in [-0.05, 0) is 30.4 Å². The van der Waals surface area contributed by atoms with Crippen molar-refractivity contribution >= 4 is 11.3 Å². The highest BCUT2D eigenvalue weighted by molar-refractivity contribution is 7.10. The Labute approximate surface area is 83.7 Å². The van der Waals surface area contributed by atoms with Crippen molar-refractivity contribution < 1.29 is 0 Å².